The fourth-order valence-electron chi connectivity index (χ4n) is 2.00. The monoisotopic (exact) mass is 269 g/mol. The number of aromatic nitrogens is 2. The van der Waals surface area contributed by atoms with Gasteiger partial charge < -0.3 is 19.8 Å². The van der Waals surface area contributed by atoms with Crippen LogP contribution in [0.4, 0.5) is 5.95 Å². The Morgan fingerprint density at radius 3 is 2.74 bits per heavy atom. The molecule has 1 unspecified atom stereocenters. The second-order valence-corrected chi connectivity index (χ2v) is 4.78. The lowest BCUT2D eigenvalue weighted by atomic mass is 10.0. The number of H-pyrrole nitrogens is 1. The number of rotatable bonds is 4. The number of aromatic hydroxyl groups is 1. The second-order valence-electron chi connectivity index (χ2n) is 4.78. The molecule has 0 bridgehead atoms. The third-order valence-corrected chi connectivity index (χ3v) is 3.16. The van der Waals surface area contributed by atoms with E-state index in [-0.39, 0.29) is 29.5 Å². The summed E-state index contributed by atoms with van der Waals surface area (Å²) >= 11 is 0. The van der Waals surface area contributed by atoms with E-state index in [0.717, 1.165) is 0 Å². The highest BCUT2D eigenvalue weighted by Crippen LogP contribution is 2.17. The summed E-state index contributed by atoms with van der Waals surface area (Å²) in [6.45, 7) is 4.18. The normalized spacial score (nSPS) is 17.5. The van der Waals surface area contributed by atoms with Crippen molar-refractivity contribution in [3.05, 3.63) is 15.9 Å². The predicted octanol–water partition coefficient (Wildman–Crippen LogP) is -0.517. The zero-order valence-electron chi connectivity index (χ0n) is 10.9. The SMILES string of the molecule is CC(CO)Cc1c(O)nc(N2CCOCC2)[nH]c1=O. The third kappa shape index (κ3) is 3.24. The van der Waals surface area contributed by atoms with Crippen LogP contribution >= 0.6 is 0 Å². The molecule has 1 saturated heterocycles. The molecule has 7 heteroatoms. The van der Waals surface area contributed by atoms with Crippen molar-refractivity contribution in [2.24, 2.45) is 5.92 Å². The number of hydrogen-bond acceptors (Lipinski definition) is 6. The predicted molar refractivity (Wildman–Crippen MR) is 69.5 cm³/mol. The van der Waals surface area contributed by atoms with Crippen molar-refractivity contribution >= 4 is 5.95 Å². The third-order valence-electron chi connectivity index (χ3n) is 3.16. The first-order chi connectivity index (χ1) is 9.11. The summed E-state index contributed by atoms with van der Waals surface area (Å²) in [5.41, 5.74) is -0.132. The van der Waals surface area contributed by atoms with Gasteiger partial charge in [0.1, 0.15) is 0 Å². The molecule has 7 nitrogen and oxygen atoms in total. The summed E-state index contributed by atoms with van der Waals surface area (Å²) in [7, 11) is 0. The smallest absolute Gasteiger partial charge is 0.259 e. The number of aliphatic hydroxyl groups excluding tert-OH is 1. The minimum atomic E-state index is -0.353. The number of aromatic amines is 1. The van der Waals surface area contributed by atoms with Crippen LogP contribution in [-0.2, 0) is 11.2 Å². The van der Waals surface area contributed by atoms with Gasteiger partial charge in [0.05, 0.1) is 18.8 Å². The van der Waals surface area contributed by atoms with Crippen LogP contribution in [0.2, 0.25) is 0 Å². The van der Waals surface area contributed by atoms with Gasteiger partial charge in [-0.2, -0.15) is 4.98 Å². The van der Waals surface area contributed by atoms with Gasteiger partial charge >= 0.3 is 0 Å². The molecule has 19 heavy (non-hydrogen) atoms. The van der Waals surface area contributed by atoms with Gasteiger partial charge in [-0.05, 0) is 12.3 Å². The lowest BCUT2D eigenvalue weighted by Crippen LogP contribution is -2.38. The van der Waals surface area contributed by atoms with Crippen LogP contribution in [0.3, 0.4) is 0 Å². The van der Waals surface area contributed by atoms with E-state index in [1.807, 2.05) is 4.90 Å². The van der Waals surface area contributed by atoms with Crippen molar-refractivity contribution in [3.8, 4) is 5.88 Å². The molecule has 0 aromatic carbocycles. The van der Waals surface area contributed by atoms with Gasteiger partial charge in [-0.25, -0.2) is 0 Å². The molecular weight excluding hydrogens is 250 g/mol. The Kier molecular flexibility index (Phi) is 4.39. The van der Waals surface area contributed by atoms with Crippen LogP contribution in [-0.4, -0.2) is 53.1 Å². The van der Waals surface area contributed by atoms with E-state index in [1.54, 1.807) is 6.92 Å². The largest absolute Gasteiger partial charge is 0.493 e. The maximum atomic E-state index is 12.0. The first-order valence-electron chi connectivity index (χ1n) is 6.37. The van der Waals surface area contributed by atoms with Crippen LogP contribution in [0.5, 0.6) is 5.88 Å². The summed E-state index contributed by atoms with van der Waals surface area (Å²) in [5, 5.41) is 18.9. The lowest BCUT2D eigenvalue weighted by Gasteiger charge is -2.27. The van der Waals surface area contributed by atoms with E-state index in [0.29, 0.717) is 38.7 Å². The molecule has 1 aliphatic rings. The van der Waals surface area contributed by atoms with Gasteiger partial charge in [0.2, 0.25) is 11.8 Å². The Hall–Kier alpha value is -1.60. The summed E-state index contributed by atoms with van der Waals surface area (Å²) in [4.78, 5) is 20.5. The van der Waals surface area contributed by atoms with Crippen LogP contribution in [0.25, 0.3) is 0 Å². The van der Waals surface area contributed by atoms with Crippen molar-refractivity contribution in [2.75, 3.05) is 37.8 Å². The Labute approximate surface area is 110 Å². The first-order valence-corrected chi connectivity index (χ1v) is 6.37. The molecule has 0 amide bonds. The molecule has 2 heterocycles. The van der Waals surface area contributed by atoms with Gasteiger partial charge in [-0.1, -0.05) is 6.92 Å². The van der Waals surface area contributed by atoms with E-state index in [9.17, 15) is 9.90 Å². The quantitative estimate of drug-likeness (QED) is 0.680. The van der Waals surface area contributed by atoms with Crippen molar-refractivity contribution in [1.82, 2.24) is 9.97 Å². The standard InChI is InChI=1S/C12H19N3O4/c1-8(7-16)6-9-10(17)13-12(14-11(9)18)15-2-4-19-5-3-15/h8,16H,2-7H2,1H3,(H2,13,14,17,18). The Morgan fingerprint density at radius 1 is 1.47 bits per heavy atom. The highest BCUT2D eigenvalue weighted by molar-refractivity contribution is 5.36. The number of morpholine rings is 1. The topological polar surface area (TPSA) is 98.7 Å². The summed E-state index contributed by atoms with van der Waals surface area (Å²) in [6, 6.07) is 0. The molecule has 0 radical (unpaired) electrons. The van der Waals surface area contributed by atoms with E-state index in [2.05, 4.69) is 9.97 Å². The Bertz CT molecular complexity index is 482. The molecule has 1 aromatic rings. The van der Waals surface area contributed by atoms with Gasteiger partial charge in [-0.3, -0.25) is 9.78 Å². The number of nitrogens with one attached hydrogen (secondary N) is 1. The fourth-order valence-corrected chi connectivity index (χ4v) is 2.00. The Balaban J connectivity index is 2.23. The van der Waals surface area contributed by atoms with Crippen molar-refractivity contribution in [2.45, 2.75) is 13.3 Å². The number of aliphatic hydroxyl groups is 1. The van der Waals surface area contributed by atoms with E-state index in [4.69, 9.17) is 9.84 Å². The first kappa shape index (κ1) is 13.8. The van der Waals surface area contributed by atoms with Crippen LogP contribution < -0.4 is 10.5 Å². The van der Waals surface area contributed by atoms with Crippen LogP contribution in [0, 0.1) is 5.92 Å². The number of hydrogen-bond donors (Lipinski definition) is 3. The van der Waals surface area contributed by atoms with E-state index < -0.39 is 0 Å². The lowest BCUT2D eigenvalue weighted by molar-refractivity contribution is 0.122. The number of nitrogens with zero attached hydrogens (tertiary/aromatic N) is 2. The van der Waals surface area contributed by atoms with Crippen LogP contribution in [0.15, 0.2) is 4.79 Å². The molecule has 2 rings (SSSR count). The van der Waals surface area contributed by atoms with Crippen molar-refractivity contribution < 1.29 is 14.9 Å². The Morgan fingerprint density at radius 2 is 2.16 bits per heavy atom. The van der Waals surface area contributed by atoms with E-state index >= 15 is 0 Å². The second kappa shape index (κ2) is 6.03. The van der Waals surface area contributed by atoms with Crippen molar-refractivity contribution in [1.29, 1.82) is 0 Å². The molecule has 1 atom stereocenters. The maximum absolute atomic E-state index is 12.0. The molecule has 3 N–H and O–H groups in total. The minimum absolute atomic E-state index is 0.0376. The number of anilines is 1. The number of ether oxygens (including phenoxy) is 1. The van der Waals surface area contributed by atoms with Gasteiger partial charge in [-0.15, -0.1) is 0 Å². The van der Waals surface area contributed by atoms with Gasteiger partial charge in [0.25, 0.3) is 5.56 Å². The maximum Gasteiger partial charge on any atom is 0.259 e. The fraction of sp³-hybridized carbons (Fsp3) is 0.667. The molecule has 1 aromatic heterocycles. The van der Waals surface area contributed by atoms with Gasteiger partial charge in [0, 0.05) is 19.7 Å². The molecule has 1 aliphatic heterocycles. The van der Waals surface area contributed by atoms with Crippen LogP contribution in [0.1, 0.15) is 12.5 Å². The highest BCUT2D eigenvalue weighted by Gasteiger charge is 2.18. The molecule has 0 aliphatic carbocycles. The highest BCUT2D eigenvalue weighted by atomic mass is 16.5. The summed E-state index contributed by atoms with van der Waals surface area (Å²) in [5.74, 6) is 0.0137. The molecule has 106 valence electrons. The molecule has 1 fully saturated rings. The molecular formula is C12H19N3O4. The van der Waals surface area contributed by atoms with E-state index in [1.165, 1.54) is 0 Å². The zero-order valence-corrected chi connectivity index (χ0v) is 10.9. The average Bonchev–Trinajstić information content (AvgIpc) is 2.43. The zero-order chi connectivity index (χ0) is 13.8. The van der Waals surface area contributed by atoms with Crippen molar-refractivity contribution in [3.63, 3.8) is 0 Å². The summed E-state index contributed by atoms with van der Waals surface area (Å²) in [6.07, 6.45) is 0.300. The molecule has 0 spiro atoms. The minimum Gasteiger partial charge on any atom is -0.493 e. The average molecular weight is 269 g/mol. The van der Waals surface area contributed by atoms with Gasteiger partial charge in [0.15, 0.2) is 0 Å². The molecule has 0 saturated carbocycles. The summed E-state index contributed by atoms with van der Waals surface area (Å²) < 4.78 is 5.22.